The van der Waals surface area contributed by atoms with E-state index in [0.29, 0.717) is 19.5 Å². The second-order valence-corrected chi connectivity index (χ2v) is 5.58. The predicted octanol–water partition coefficient (Wildman–Crippen LogP) is 1.74. The van der Waals surface area contributed by atoms with Gasteiger partial charge in [0, 0.05) is 25.6 Å². The Morgan fingerprint density at radius 2 is 2.05 bits per heavy atom. The Labute approximate surface area is 124 Å². The van der Waals surface area contributed by atoms with Crippen LogP contribution in [0.3, 0.4) is 0 Å². The van der Waals surface area contributed by atoms with Crippen LogP contribution < -0.4 is 10.6 Å². The quantitative estimate of drug-likeness (QED) is 0.784. The van der Waals surface area contributed by atoms with Gasteiger partial charge in [-0.3, -0.25) is 4.79 Å². The van der Waals surface area contributed by atoms with E-state index in [0.717, 1.165) is 17.4 Å². The van der Waals surface area contributed by atoms with Crippen molar-refractivity contribution in [1.29, 1.82) is 0 Å². The highest BCUT2D eigenvalue weighted by molar-refractivity contribution is 5.83. The second-order valence-electron chi connectivity index (χ2n) is 5.58. The minimum Gasteiger partial charge on any atom is -0.387 e. The first-order valence-electron chi connectivity index (χ1n) is 7.39. The van der Waals surface area contributed by atoms with Crippen molar-refractivity contribution in [2.24, 2.45) is 0 Å². The van der Waals surface area contributed by atoms with Crippen LogP contribution in [0.25, 0.3) is 10.8 Å². The summed E-state index contributed by atoms with van der Waals surface area (Å²) in [6.07, 6.45) is 0.948. The highest BCUT2D eigenvalue weighted by Crippen LogP contribution is 2.20. The first-order chi connectivity index (χ1) is 10.2. The molecule has 3 rings (SSSR count). The fourth-order valence-corrected chi connectivity index (χ4v) is 2.76. The van der Waals surface area contributed by atoms with Gasteiger partial charge in [-0.15, -0.1) is 0 Å². The summed E-state index contributed by atoms with van der Waals surface area (Å²) in [5, 5.41) is 18.7. The van der Waals surface area contributed by atoms with Gasteiger partial charge in [0.2, 0.25) is 5.91 Å². The van der Waals surface area contributed by atoms with Gasteiger partial charge in [-0.2, -0.15) is 0 Å². The molecule has 1 aliphatic rings. The summed E-state index contributed by atoms with van der Waals surface area (Å²) < 4.78 is 0. The van der Waals surface area contributed by atoms with Gasteiger partial charge in [0.25, 0.3) is 0 Å². The minimum atomic E-state index is -0.535. The average molecular weight is 284 g/mol. The molecule has 2 aromatic carbocycles. The van der Waals surface area contributed by atoms with Crippen molar-refractivity contribution in [3.8, 4) is 0 Å². The van der Waals surface area contributed by atoms with Crippen LogP contribution in [0.1, 0.15) is 24.5 Å². The summed E-state index contributed by atoms with van der Waals surface area (Å²) in [7, 11) is 0. The van der Waals surface area contributed by atoms with E-state index in [4.69, 9.17) is 0 Å². The average Bonchev–Trinajstić information content (AvgIpc) is 2.92. The maximum absolute atomic E-state index is 11.1. The van der Waals surface area contributed by atoms with Crippen molar-refractivity contribution >= 4 is 16.7 Å². The highest BCUT2D eigenvalue weighted by Gasteiger charge is 2.20. The second kappa shape index (κ2) is 6.24. The lowest BCUT2D eigenvalue weighted by Crippen LogP contribution is -2.37. The van der Waals surface area contributed by atoms with Crippen molar-refractivity contribution in [3.05, 3.63) is 48.0 Å². The Bertz CT molecular complexity index is 641. The molecule has 1 heterocycles. The molecular weight excluding hydrogens is 264 g/mol. The molecule has 0 bridgehead atoms. The van der Waals surface area contributed by atoms with Crippen LogP contribution in [0.15, 0.2) is 42.5 Å². The Morgan fingerprint density at radius 3 is 2.81 bits per heavy atom. The monoisotopic (exact) mass is 284 g/mol. The molecular formula is C17H20N2O2. The Kier molecular flexibility index (Phi) is 4.18. The molecule has 21 heavy (non-hydrogen) atoms. The van der Waals surface area contributed by atoms with E-state index in [2.05, 4.69) is 16.7 Å². The van der Waals surface area contributed by atoms with Crippen LogP contribution in [-0.2, 0) is 4.79 Å². The maximum Gasteiger partial charge on any atom is 0.220 e. The summed E-state index contributed by atoms with van der Waals surface area (Å²) in [6.45, 7) is 1.20. The van der Waals surface area contributed by atoms with E-state index in [1.165, 1.54) is 5.39 Å². The SMILES string of the molecule is O=C1CCC(CNCC(O)c2ccc3ccccc3c2)N1. The van der Waals surface area contributed by atoms with E-state index < -0.39 is 6.10 Å². The largest absolute Gasteiger partial charge is 0.387 e. The molecule has 0 saturated carbocycles. The third-order valence-corrected chi connectivity index (χ3v) is 3.97. The Hall–Kier alpha value is -1.91. The van der Waals surface area contributed by atoms with Crippen LogP contribution in [-0.4, -0.2) is 30.1 Å². The van der Waals surface area contributed by atoms with Crippen LogP contribution >= 0.6 is 0 Å². The molecule has 4 nitrogen and oxygen atoms in total. The van der Waals surface area contributed by atoms with Crippen molar-refractivity contribution in [2.45, 2.75) is 25.0 Å². The third-order valence-electron chi connectivity index (χ3n) is 3.97. The zero-order valence-electron chi connectivity index (χ0n) is 11.9. The van der Waals surface area contributed by atoms with E-state index in [-0.39, 0.29) is 11.9 Å². The molecule has 0 aliphatic carbocycles. The number of aliphatic hydroxyl groups excluding tert-OH is 1. The van der Waals surface area contributed by atoms with Gasteiger partial charge in [0.05, 0.1) is 6.10 Å². The lowest BCUT2D eigenvalue weighted by molar-refractivity contribution is -0.119. The minimum absolute atomic E-state index is 0.122. The molecule has 0 aromatic heterocycles. The number of amides is 1. The van der Waals surface area contributed by atoms with Gasteiger partial charge in [0.1, 0.15) is 0 Å². The number of aliphatic hydroxyl groups is 1. The van der Waals surface area contributed by atoms with Gasteiger partial charge in [-0.1, -0.05) is 36.4 Å². The molecule has 110 valence electrons. The number of fused-ring (bicyclic) bond motifs is 1. The van der Waals surface area contributed by atoms with Crippen LogP contribution in [0.2, 0.25) is 0 Å². The van der Waals surface area contributed by atoms with Crippen molar-refractivity contribution < 1.29 is 9.90 Å². The number of benzene rings is 2. The maximum atomic E-state index is 11.1. The fourth-order valence-electron chi connectivity index (χ4n) is 2.76. The van der Waals surface area contributed by atoms with E-state index >= 15 is 0 Å². The lowest BCUT2D eigenvalue weighted by Gasteiger charge is -2.15. The number of carbonyl (C=O) groups excluding carboxylic acids is 1. The summed E-state index contributed by atoms with van der Waals surface area (Å²) in [4.78, 5) is 11.1. The van der Waals surface area contributed by atoms with Crippen LogP contribution in [0, 0.1) is 0 Å². The molecule has 0 spiro atoms. The topological polar surface area (TPSA) is 61.4 Å². The molecule has 1 fully saturated rings. The number of rotatable bonds is 5. The normalized spacial score (nSPS) is 19.7. The highest BCUT2D eigenvalue weighted by atomic mass is 16.3. The van der Waals surface area contributed by atoms with Gasteiger partial charge >= 0.3 is 0 Å². The van der Waals surface area contributed by atoms with E-state index in [9.17, 15) is 9.90 Å². The number of hydrogen-bond donors (Lipinski definition) is 3. The number of carbonyl (C=O) groups is 1. The molecule has 2 aromatic rings. The molecule has 1 amide bonds. The standard InChI is InChI=1S/C17H20N2O2/c20-16(11-18-10-15-7-8-17(21)19-15)14-6-5-12-3-1-2-4-13(12)9-14/h1-6,9,15-16,18,20H,7-8,10-11H2,(H,19,21). The summed E-state index contributed by atoms with van der Waals surface area (Å²) in [6, 6.07) is 14.3. The fraction of sp³-hybridized carbons (Fsp3) is 0.353. The summed E-state index contributed by atoms with van der Waals surface area (Å²) in [5.74, 6) is 0.122. The predicted molar refractivity (Wildman–Crippen MR) is 82.9 cm³/mol. The molecule has 4 heteroatoms. The van der Waals surface area contributed by atoms with E-state index in [1.807, 2.05) is 36.4 Å². The Balaban J connectivity index is 1.56. The van der Waals surface area contributed by atoms with Gasteiger partial charge < -0.3 is 15.7 Å². The smallest absolute Gasteiger partial charge is 0.220 e. The van der Waals surface area contributed by atoms with Crippen molar-refractivity contribution in [3.63, 3.8) is 0 Å². The van der Waals surface area contributed by atoms with Gasteiger partial charge in [-0.05, 0) is 28.8 Å². The van der Waals surface area contributed by atoms with Crippen molar-refractivity contribution in [2.75, 3.05) is 13.1 Å². The summed E-state index contributed by atoms with van der Waals surface area (Å²) in [5.41, 5.74) is 0.914. The van der Waals surface area contributed by atoms with Crippen LogP contribution in [0.4, 0.5) is 0 Å². The van der Waals surface area contributed by atoms with Crippen LogP contribution in [0.5, 0.6) is 0 Å². The number of nitrogens with one attached hydrogen (secondary N) is 2. The Morgan fingerprint density at radius 1 is 1.24 bits per heavy atom. The van der Waals surface area contributed by atoms with E-state index in [1.54, 1.807) is 0 Å². The molecule has 3 N–H and O–H groups in total. The lowest BCUT2D eigenvalue weighted by atomic mass is 10.0. The summed E-state index contributed by atoms with van der Waals surface area (Å²) >= 11 is 0. The molecule has 1 aliphatic heterocycles. The van der Waals surface area contributed by atoms with Gasteiger partial charge in [-0.25, -0.2) is 0 Å². The molecule has 2 unspecified atom stereocenters. The first-order valence-corrected chi connectivity index (χ1v) is 7.39. The third kappa shape index (κ3) is 3.40. The van der Waals surface area contributed by atoms with Crippen molar-refractivity contribution in [1.82, 2.24) is 10.6 Å². The molecule has 2 atom stereocenters. The first kappa shape index (κ1) is 14.0. The molecule has 1 saturated heterocycles. The zero-order chi connectivity index (χ0) is 14.7. The van der Waals surface area contributed by atoms with Gasteiger partial charge in [0.15, 0.2) is 0 Å². The molecule has 0 radical (unpaired) electrons. The number of hydrogen-bond acceptors (Lipinski definition) is 3. The zero-order valence-corrected chi connectivity index (χ0v) is 11.9.